The van der Waals surface area contributed by atoms with E-state index in [9.17, 15) is 31.0 Å². The van der Waals surface area contributed by atoms with E-state index >= 15 is 0 Å². The molecular weight excluding hydrogens is 580 g/mol. The first-order valence-electron chi connectivity index (χ1n) is 13.5. The standard InChI is InChI=1S/C30H32N2O8S2/c1-22-15-17-23(18-16-22)42(39,40)32(20-8-2-3-14-28(33)34)30(35)29-24-10-4-6-12-26(24)31(19-9-21-41(36,37)38)27-13-7-5-11-25(27)29/h4-7,10-13,15-18H,2-3,8-9,14,19-21H2,1H3,(H-,33,34,36,37,38). The van der Waals surface area contributed by atoms with E-state index in [-0.39, 0.29) is 42.8 Å². The molecule has 0 atom stereocenters. The highest BCUT2D eigenvalue weighted by Crippen LogP contribution is 2.29. The largest absolute Gasteiger partial charge is 0.748 e. The molecule has 42 heavy (non-hydrogen) atoms. The highest BCUT2D eigenvalue weighted by Gasteiger charge is 2.34. The molecule has 1 N–H and O–H groups in total. The van der Waals surface area contributed by atoms with E-state index in [0.29, 0.717) is 34.6 Å². The predicted molar refractivity (Wildman–Crippen MR) is 156 cm³/mol. The van der Waals surface area contributed by atoms with Crippen molar-refractivity contribution in [1.29, 1.82) is 0 Å². The number of aliphatic carboxylic acids is 1. The molecule has 0 unspecified atom stereocenters. The Kier molecular flexibility index (Phi) is 9.60. The Labute approximate surface area is 245 Å². The van der Waals surface area contributed by atoms with Gasteiger partial charge in [0.2, 0.25) is 11.0 Å². The Balaban J connectivity index is 1.85. The van der Waals surface area contributed by atoms with E-state index < -0.39 is 37.8 Å². The molecule has 3 aromatic carbocycles. The Bertz CT molecular complexity index is 1780. The lowest BCUT2D eigenvalue weighted by Gasteiger charge is -2.24. The van der Waals surface area contributed by atoms with Gasteiger partial charge in [0, 0.05) is 37.3 Å². The summed E-state index contributed by atoms with van der Waals surface area (Å²) < 4.78 is 64.3. The minimum absolute atomic E-state index is 0.0367. The van der Waals surface area contributed by atoms with Crippen LogP contribution in [0.2, 0.25) is 0 Å². The van der Waals surface area contributed by atoms with E-state index in [1.807, 2.05) is 11.5 Å². The highest BCUT2D eigenvalue weighted by molar-refractivity contribution is 7.89. The van der Waals surface area contributed by atoms with E-state index in [4.69, 9.17) is 5.11 Å². The smallest absolute Gasteiger partial charge is 0.303 e. The first-order chi connectivity index (χ1) is 19.9. The lowest BCUT2D eigenvalue weighted by molar-refractivity contribution is -0.645. The second kappa shape index (κ2) is 13.0. The molecule has 10 nitrogen and oxygen atoms in total. The van der Waals surface area contributed by atoms with Crippen molar-refractivity contribution in [2.45, 2.75) is 50.5 Å². The number of para-hydroxylation sites is 2. The molecule has 1 heterocycles. The number of rotatable bonds is 13. The molecule has 0 saturated carbocycles. The van der Waals surface area contributed by atoms with Crippen molar-refractivity contribution in [1.82, 2.24) is 4.31 Å². The summed E-state index contributed by atoms with van der Waals surface area (Å²) in [5.41, 5.74) is 2.19. The number of carbonyl (C=O) groups excluding carboxylic acids is 1. The quantitative estimate of drug-likeness (QED) is 0.103. The lowest BCUT2D eigenvalue weighted by atomic mass is 10.0. The van der Waals surface area contributed by atoms with Crippen LogP contribution in [-0.2, 0) is 31.5 Å². The van der Waals surface area contributed by atoms with Gasteiger partial charge in [-0.05, 0) is 44.0 Å². The van der Waals surface area contributed by atoms with Gasteiger partial charge in [0.05, 0.1) is 31.3 Å². The number of fused-ring (bicyclic) bond motifs is 2. The van der Waals surface area contributed by atoms with Gasteiger partial charge in [-0.25, -0.2) is 21.1 Å². The van der Waals surface area contributed by atoms with Gasteiger partial charge in [-0.3, -0.25) is 9.59 Å². The average Bonchev–Trinajstić information content (AvgIpc) is 2.93. The van der Waals surface area contributed by atoms with Crippen LogP contribution < -0.4 is 4.57 Å². The molecule has 0 spiro atoms. The number of sulfonamides is 1. The summed E-state index contributed by atoms with van der Waals surface area (Å²) in [7, 11) is -8.71. The Hall–Kier alpha value is -3.87. The van der Waals surface area contributed by atoms with Crippen LogP contribution in [-0.4, -0.2) is 55.0 Å². The first kappa shape index (κ1) is 31.1. The number of pyridine rings is 1. The third-order valence-electron chi connectivity index (χ3n) is 7.01. The van der Waals surface area contributed by atoms with Crippen LogP contribution in [0.15, 0.2) is 77.7 Å². The third-order valence-corrected chi connectivity index (χ3v) is 9.59. The van der Waals surface area contributed by atoms with Gasteiger partial charge < -0.3 is 9.66 Å². The molecule has 0 saturated heterocycles. The van der Waals surface area contributed by atoms with E-state index in [0.717, 1.165) is 9.87 Å². The van der Waals surface area contributed by atoms with Crippen LogP contribution in [0.1, 0.15) is 48.0 Å². The molecule has 4 rings (SSSR count). The number of aromatic nitrogens is 1. The number of carboxylic acids is 1. The molecule has 12 heteroatoms. The number of carboxylic acid groups (broad SMARTS) is 1. The monoisotopic (exact) mass is 612 g/mol. The van der Waals surface area contributed by atoms with Gasteiger partial charge >= 0.3 is 5.97 Å². The van der Waals surface area contributed by atoms with E-state index in [2.05, 4.69) is 0 Å². The van der Waals surface area contributed by atoms with Crippen molar-refractivity contribution in [3.8, 4) is 0 Å². The summed E-state index contributed by atoms with van der Waals surface area (Å²) in [6, 6.07) is 20.1. The number of hydrogen-bond acceptors (Lipinski definition) is 7. The maximum atomic E-state index is 14.4. The SMILES string of the molecule is Cc1ccc(S(=O)(=O)N(CCCCCC(=O)O)C(=O)c2c3ccccc3[n+](CCCS(=O)(=O)[O-])c3ccccc23)cc1. The summed E-state index contributed by atoms with van der Waals surface area (Å²) in [6.45, 7) is 1.87. The lowest BCUT2D eigenvalue weighted by Crippen LogP contribution is -2.40. The Morgan fingerprint density at radius 1 is 0.810 bits per heavy atom. The van der Waals surface area contributed by atoms with Gasteiger partial charge in [0.1, 0.15) is 0 Å². The molecule has 0 aliphatic rings. The summed E-state index contributed by atoms with van der Waals surface area (Å²) in [5, 5.41) is 9.92. The van der Waals surface area contributed by atoms with E-state index in [1.54, 1.807) is 60.7 Å². The second-order valence-electron chi connectivity index (χ2n) is 10.1. The topological polar surface area (TPSA) is 153 Å². The van der Waals surface area contributed by atoms with Gasteiger partial charge in [-0.2, -0.15) is 4.57 Å². The molecule has 0 aliphatic carbocycles. The molecule has 0 radical (unpaired) electrons. The predicted octanol–water partition coefficient (Wildman–Crippen LogP) is 4.00. The molecular formula is C30H32N2O8S2. The average molecular weight is 613 g/mol. The number of benzene rings is 3. The summed E-state index contributed by atoms with van der Waals surface area (Å²) in [6.07, 6.45) is 1.04. The van der Waals surface area contributed by atoms with Crippen molar-refractivity contribution >= 4 is 53.8 Å². The second-order valence-corrected chi connectivity index (χ2v) is 13.5. The van der Waals surface area contributed by atoms with Crippen molar-refractivity contribution in [3.05, 3.63) is 83.9 Å². The highest BCUT2D eigenvalue weighted by atomic mass is 32.2. The number of amides is 1. The van der Waals surface area contributed by atoms with Crippen LogP contribution in [0.4, 0.5) is 0 Å². The molecule has 0 bridgehead atoms. The summed E-state index contributed by atoms with van der Waals surface area (Å²) in [5.74, 6) is -2.22. The van der Waals surface area contributed by atoms with Crippen molar-refractivity contribution in [3.63, 3.8) is 0 Å². The molecule has 0 aliphatic heterocycles. The number of aryl methyl sites for hydroxylation is 2. The Morgan fingerprint density at radius 3 is 1.93 bits per heavy atom. The van der Waals surface area contributed by atoms with Gasteiger partial charge in [-0.1, -0.05) is 48.4 Å². The fourth-order valence-corrected chi connectivity index (χ4v) is 6.88. The molecule has 1 amide bonds. The summed E-state index contributed by atoms with van der Waals surface area (Å²) in [4.78, 5) is 25.3. The molecule has 222 valence electrons. The van der Waals surface area contributed by atoms with Crippen LogP contribution >= 0.6 is 0 Å². The number of hydrogen-bond donors (Lipinski definition) is 1. The third kappa shape index (κ3) is 7.12. The van der Waals surface area contributed by atoms with Crippen molar-refractivity contribution in [2.24, 2.45) is 0 Å². The summed E-state index contributed by atoms with van der Waals surface area (Å²) >= 11 is 0. The van der Waals surface area contributed by atoms with Crippen LogP contribution in [0, 0.1) is 6.92 Å². The minimum atomic E-state index is -4.42. The zero-order chi connectivity index (χ0) is 30.5. The normalized spacial score (nSPS) is 12.0. The van der Waals surface area contributed by atoms with Crippen LogP contribution in [0.25, 0.3) is 21.8 Å². The van der Waals surface area contributed by atoms with E-state index in [1.165, 1.54) is 12.1 Å². The number of unbranched alkanes of at least 4 members (excludes halogenated alkanes) is 2. The first-order valence-corrected chi connectivity index (χ1v) is 16.5. The van der Waals surface area contributed by atoms with Crippen molar-refractivity contribution < 1.29 is 40.7 Å². The number of carbonyl (C=O) groups is 2. The fraction of sp³-hybridized carbons (Fsp3) is 0.300. The molecule has 0 fully saturated rings. The van der Waals surface area contributed by atoms with Crippen LogP contribution in [0.5, 0.6) is 0 Å². The fourth-order valence-electron chi connectivity index (χ4n) is 4.99. The van der Waals surface area contributed by atoms with Gasteiger partial charge in [0.15, 0.2) is 6.54 Å². The van der Waals surface area contributed by atoms with Crippen LogP contribution in [0.3, 0.4) is 0 Å². The molecule has 1 aromatic heterocycles. The maximum Gasteiger partial charge on any atom is 0.303 e. The zero-order valence-electron chi connectivity index (χ0n) is 23.1. The minimum Gasteiger partial charge on any atom is -0.748 e. The maximum absolute atomic E-state index is 14.4. The van der Waals surface area contributed by atoms with Gasteiger partial charge in [-0.15, -0.1) is 0 Å². The zero-order valence-corrected chi connectivity index (χ0v) is 24.7. The van der Waals surface area contributed by atoms with Crippen molar-refractivity contribution in [2.75, 3.05) is 12.3 Å². The molecule has 4 aromatic rings. The van der Waals surface area contributed by atoms with Gasteiger partial charge in [0.25, 0.3) is 15.9 Å². The number of nitrogens with zero attached hydrogens (tertiary/aromatic N) is 2. The Morgan fingerprint density at radius 2 is 1.38 bits per heavy atom.